The molecule has 5 nitrogen and oxygen atoms in total. The summed E-state index contributed by atoms with van der Waals surface area (Å²) in [5, 5.41) is 9.14. The summed E-state index contributed by atoms with van der Waals surface area (Å²) in [6.07, 6.45) is 9.38. The van der Waals surface area contributed by atoms with Crippen molar-refractivity contribution >= 4 is 5.57 Å². The average Bonchev–Trinajstić information content (AvgIpc) is 3.12. The highest BCUT2D eigenvalue weighted by Crippen LogP contribution is 2.35. The van der Waals surface area contributed by atoms with Crippen LogP contribution in [0.1, 0.15) is 29.9 Å². The molecule has 5 heteroatoms. The molecule has 1 N–H and O–H groups in total. The molecule has 4 rings (SSSR count). The number of hydrogen-bond acceptors (Lipinski definition) is 3. The van der Waals surface area contributed by atoms with Crippen LogP contribution in [-0.2, 0) is 20.0 Å². The van der Waals surface area contributed by atoms with Crippen LogP contribution in [0.2, 0.25) is 0 Å². The van der Waals surface area contributed by atoms with Gasteiger partial charge in [0, 0.05) is 75.1 Å². The third-order valence-corrected chi connectivity index (χ3v) is 5.23. The normalized spacial score (nSPS) is 18.7. The number of fused-ring (bicyclic) bond motifs is 2. The molecular formula is C18H24N4O. The maximum atomic E-state index is 9.14. The smallest absolute Gasteiger partial charge is 0.140 e. The van der Waals surface area contributed by atoms with Gasteiger partial charge in [-0.2, -0.15) is 0 Å². The lowest BCUT2D eigenvalue weighted by atomic mass is 9.92. The molecule has 0 bridgehead atoms. The Morgan fingerprint density at radius 2 is 1.96 bits per heavy atom. The van der Waals surface area contributed by atoms with Crippen LogP contribution in [0.4, 0.5) is 0 Å². The lowest BCUT2D eigenvalue weighted by Crippen LogP contribution is -2.33. The largest absolute Gasteiger partial charge is 0.395 e. The van der Waals surface area contributed by atoms with Crippen molar-refractivity contribution in [2.24, 2.45) is 7.05 Å². The van der Waals surface area contributed by atoms with Crippen LogP contribution in [0.25, 0.3) is 5.57 Å². The van der Waals surface area contributed by atoms with Gasteiger partial charge in [-0.05, 0) is 18.9 Å². The second-order valence-corrected chi connectivity index (χ2v) is 6.53. The molecule has 2 aromatic rings. The summed E-state index contributed by atoms with van der Waals surface area (Å²) in [6, 6.07) is 2.25. The summed E-state index contributed by atoms with van der Waals surface area (Å²) < 4.78 is 4.55. The number of nitrogens with zero attached hydrogens (tertiary/aromatic N) is 4. The Labute approximate surface area is 136 Å². The Morgan fingerprint density at radius 3 is 2.74 bits per heavy atom. The van der Waals surface area contributed by atoms with E-state index in [-0.39, 0.29) is 6.61 Å². The lowest BCUT2D eigenvalue weighted by Gasteiger charge is -2.29. The second kappa shape index (κ2) is 5.98. The quantitative estimate of drug-likeness (QED) is 0.917. The van der Waals surface area contributed by atoms with Gasteiger partial charge in [0.05, 0.1) is 6.61 Å². The topological polar surface area (TPSA) is 46.2 Å². The molecule has 0 radical (unpaired) electrons. The molecule has 2 aliphatic rings. The maximum absolute atomic E-state index is 9.14. The molecule has 2 aliphatic heterocycles. The SMILES string of the molecule is Cn1ccc2c1CCn1ccnc1C2=C1CCN(CCO)CC1. The molecule has 122 valence electrons. The van der Waals surface area contributed by atoms with E-state index < -0.39 is 0 Å². The number of aromatic nitrogens is 3. The van der Waals surface area contributed by atoms with Gasteiger partial charge in [0.1, 0.15) is 5.82 Å². The first-order valence-electron chi connectivity index (χ1n) is 8.49. The van der Waals surface area contributed by atoms with Crippen LogP contribution < -0.4 is 0 Å². The fourth-order valence-corrected chi connectivity index (χ4v) is 3.95. The van der Waals surface area contributed by atoms with E-state index in [9.17, 15) is 0 Å². The standard InChI is InChI=1S/C18H24N4O/c1-20-7-4-15-16(20)5-10-22-11-6-19-18(22)17(15)14-2-8-21(9-3-14)12-13-23/h4,6-7,11,23H,2-3,5,8-10,12-13H2,1H3. The van der Waals surface area contributed by atoms with E-state index in [0.29, 0.717) is 0 Å². The Morgan fingerprint density at radius 1 is 1.13 bits per heavy atom. The van der Waals surface area contributed by atoms with Crippen molar-refractivity contribution in [3.63, 3.8) is 0 Å². The van der Waals surface area contributed by atoms with Gasteiger partial charge < -0.3 is 19.1 Å². The molecule has 0 aromatic carbocycles. The minimum atomic E-state index is 0.249. The van der Waals surface area contributed by atoms with Crippen molar-refractivity contribution in [2.75, 3.05) is 26.2 Å². The maximum Gasteiger partial charge on any atom is 0.140 e. The van der Waals surface area contributed by atoms with Crippen LogP contribution in [0.3, 0.4) is 0 Å². The van der Waals surface area contributed by atoms with Gasteiger partial charge in [-0.15, -0.1) is 0 Å². The zero-order valence-electron chi connectivity index (χ0n) is 13.7. The Bertz CT molecular complexity index is 730. The van der Waals surface area contributed by atoms with Crippen LogP contribution in [0.15, 0.2) is 30.2 Å². The lowest BCUT2D eigenvalue weighted by molar-refractivity contribution is 0.187. The van der Waals surface area contributed by atoms with Crippen molar-refractivity contribution in [1.82, 2.24) is 19.0 Å². The summed E-state index contributed by atoms with van der Waals surface area (Å²) in [6.45, 7) is 4.09. The number of hydrogen-bond donors (Lipinski definition) is 1. The summed E-state index contributed by atoms with van der Waals surface area (Å²) in [5.74, 6) is 1.13. The molecule has 1 saturated heterocycles. The number of likely N-dealkylation sites (tertiary alicyclic amines) is 1. The van der Waals surface area contributed by atoms with Crippen LogP contribution in [0.5, 0.6) is 0 Å². The van der Waals surface area contributed by atoms with Crippen molar-refractivity contribution in [3.8, 4) is 0 Å². The van der Waals surface area contributed by atoms with Gasteiger partial charge in [0.25, 0.3) is 0 Å². The van der Waals surface area contributed by atoms with E-state index in [1.165, 1.54) is 22.4 Å². The molecule has 23 heavy (non-hydrogen) atoms. The predicted octanol–water partition coefficient (Wildman–Crippen LogP) is 1.67. The van der Waals surface area contributed by atoms with Crippen molar-refractivity contribution < 1.29 is 5.11 Å². The first kappa shape index (κ1) is 14.7. The van der Waals surface area contributed by atoms with Crippen LogP contribution >= 0.6 is 0 Å². The third kappa shape index (κ3) is 2.54. The highest BCUT2D eigenvalue weighted by molar-refractivity contribution is 5.81. The fourth-order valence-electron chi connectivity index (χ4n) is 3.95. The average molecular weight is 312 g/mol. The summed E-state index contributed by atoms with van der Waals surface area (Å²) in [5.41, 5.74) is 5.64. The molecule has 1 fully saturated rings. The Balaban J connectivity index is 1.77. The van der Waals surface area contributed by atoms with Crippen LogP contribution in [0, 0.1) is 0 Å². The minimum Gasteiger partial charge on any atom is -0.395 e. The Hall–Kier alpha value is -1.85. The van der Waals surface area contributed by atoms with Gasteiger partial charge in [-0.3, -0.25) is 0 Å². The van der Waals surface area contributed by atoms with Crippen molar-refractivity contribution in [2.45, 2.75) is 25.8 Å². The number of β-amino-alcohol motifs (C(OH)–C–C–N with tert-alkyl or cyclic N) is 1. The van der Waals surface area contributed by atoms with Gasteiger partial charge in [0.15, 0.2) is 0 Å². The monoisotopic (exact) mass is 312 g/mol. The van der Waals surface area contributed by atoms with Crippen molar-refractivity contribution in [1.29, 1.82) is 0 Å². The Kier molecular flexibility index (Phi) is 3.83. The first-order chi connectivity index (χ1) is 11.3. The zero-order chi connectivity index (χ0) is 15.8. The van der Waals surface area contributed by atoms with E-state index in [1.807, 2.05) is 6.20 Å². The number of piperidine rings is 1. The number of imidazole rings is 1. The molecule has 0 aliphatic carbocycles. The number of rotatable bonds is 2. The van der Waals surface area contributed by atoms with Gasteiger partial charge >= 0.3 is 0 Å². The molecular weight excluding hydrogens is 288 g/mol. The van der Waals surface area contributed by atoms with Gasteiger partial charge in [-0.1, -0.05) is 5.57 Å². The number of aliphatic hydroxyl groups is 1. The van der Waals surface area contributed by atoms with E-state index in [0.717, 1.165) is 51.3 Å². The van der Waals surface area contributed by atoms with Gasteiger partial charge in [0.2, 0.25) is 0 Å². The molecule has 0 atom stereocenters. The molecule has 2 aromatic heterocycles. The summed E-state index contributed by atoms with van der Waals surface area (Å²) in [7, 11) is 2.14. The third-order valence-electron chi connectivity index (χ3n) is 5.23. The highest BCUT2D eigenvalue weighted by atomic mass is 16.3. The highest BCUT2D eigenvalue weighted by Gasteiger charge is 2.26. The number of aryl methyl sites for hydroxylation is 2. The van der Waals surface area contributed by atoms with Gasteiger partial charge in [-0.25, -0.2) is 4.98 Å². The molecule has 0 spiro atoms. The predicted molar refractivity (Wildman–Crippen MR) is 90.1 cm³/mol. The van der Waals surface area contributed by atoms with E-state index in [1.54, 1.807) is 0 Å². The molecule has 4 heterocycles. The molecule has 0 unspecified atom stereocenters. The zero-order valence-corrected chi connectivity index (χ0v) is 13.7. The van der Waals surface area contributed by atoms with E-state index in [4.69, 9.17) is 5.11 Å². The van der Waals surface area contributed by atoms with E-state index in [2.05, 4.69) is 44.5 Å². The minimum absolute atomic E-state index is 0.249. The molecule has 0 saturated carbocycles. The summed E-state index contributed by atoms with van der Waals surface area (Å²) >= 11 is 0. The summed E-state index contributed by atoms with van der Waals surface area (Å²) in [4.78, 5) is 7.03. The van der Waals surface area contributed by atoms with E-state index >= 15 is 0 Å². The van der Waals surface area contributed by atoms with Crippen molar-refractivity contribution in [3.05, 3.63) is 47.3 Å². The second-order valence-electron chi connectivity index (χ2n) is 6.53. The van der Waals surface area contributed by atoms with Crippen LogP contribution in [-0.4, -0.2) is 50.4 Å². The fraction of sp³-hybridized carbons (Fsp3) is 0.500. The molecule has 0 amide bonds. The first-order valence-corrected chi connectivity index (χ1v) is 8.49. The number of aliphatic hydroxyl groups excluding tert-OH is 1.